The summed E-state index contributed by atoms with van der Waals surface area (Å²) >= 11 is 0. The molecule has 33 heavy (non-hydrogen) atoms. The van der Waals surface area contributed by atoms with Gasteiger partial charge in [0.15, 0.2) is 0 Å². The van der Waals surface area contributed by atoms with Crippen molar-refractivity contribution in [3.05, 3.63) is 72.7 Å². The maximum Gasteiger partial charge on any atom is 0.226 e. The summed E-state index contributed by atoms with van der Waals surface area (Å²) in [6, 6.07) is 19.2. The van der Waals surface area contributed by atoms with E-state index in [1.807, 2.05) is 67.6 Å². The zero-order valence-electron chi connectivity index (χ0n) is 18.9. The Morgan fingerprint density at radius 2 is 1.88 bits per heavy atom. The van der Waals surface area contributed by atoms with Crippen molar-refractivity contribution in [1.29, 1.82) is 0 Å². The monoisotopic (exact) mass is 446 g/mol. The van der Waals surface area contributed by atoms with Crippen LogP contribution < -0.4 is 10.1 Å². The molecule has 172 valence electrons. The van der Waals surface area contributed by atoms with Crippen LogP contribution in [0.4, 0.5) is 0 Å². The van der Waals surface area contributed by atoms with Gasteiger partial charge in [-0.1, -0.05) is 48.5 Å². The number of nitrogens with one attached hydrogen (secondary N) is 2. The Kier molecular flexibility index (Phi) is 7.40. The maximum atomic E-state index is 12.9. The minimum atomic E-state index is -0.250. The molecule has 1 aliphatic rings. The SMILES string of the molecule is CC(NC(=O)C1CCCN(C(=O)CCOc2ccccc2)C1)c1ncc(-c2ccccc2)[nH]1. The summed E-state index contributed by atoms with van der Waals surface area (Å²) in [5, 5.41) is 3.06. The summed E-state index contributed by atoms with van der Waals surface area (Å²) in [5.74, 6) is 1.23. The third kappa shape index (κ3) is 6.00. The van der Waals surface area contributed by atoms with E-state index in [9.17, 15) is 9.59 Å². The summed E-state index contributed by atoms with van der Waals surface area (Å²) in [6.07, 6.45) is 3.67. The van der Waals surface area contributed by atoms with Crippen molar-refractivity contribution >= 4 is 11.8 Å². The van der Waals surface area contributed by atoms with Crippen LogP contribution in [0.2, 0.25) is 0 Å². The molecule has 0 aliphatic carbocycles. The highest BCUT2D eigenvalue weighted by molar-refractivity contribution is 5.81. The number of hydrogen-bond donors (Lipinski definition) is 2. The van der Waals surface area contributed by atoms with E-state index in [2.05, 4.69) is 15.3 Å². The maximum absolute atomic E-state index is 12.9. The first-order valence-electron chi connectivity index (χ1n) is 11.5. The van der Waals surface area contributed by atoms with Crippen molar-refractivity contribution in [3.63, 3.8) is 0 Å². The largest absolute Gasteiger partial charge is 0.493 e. The lowest BCUT2D eigenvalue weighted by atomic mass is 9.96. The molecule has 1 fully saturated rings. The molecule has 0 radical (unpaired) electrons. The number of amides is 2. The second-order valence-electron chi connectivity index (χ2n) is 8.37. The number of benzene rings is 2. The number of likely N-dealkylation sites (tertiary alicyclic amines) is 1. The third-order valence-electron chi connectivity index (χ3n) is 5.92. The van der Waals surface area contributed by atoms with Crippen LogP contribution in [-0.2, 0) is 9.59 Å². The van der Waals surface area contributed by atoms with Crippen molar-refractivity contribution in [2.45, 2.75) is 32.2 Å². The molecule has 0 saturated carbocycles. The van der Waals surface area contributed by atoms with Gasteiger partial charge in [0.05, 0.1) is 36.9 Å². The topological polar surface area (TPSA) is 87.3 Å². The molecule has 1 aromatic heterocycles. The molecule has 1 aliphatic heterocycles. The Hall–Kier alpha value is -3.61. The average Bonchev–Trinajstić information content (AvgIpc) is 3.36. The third-order valence-corrected chi connectivity index (χ3v) is 5.92. The highest BCUT2D eigenvalue weighted by atomic mass is 16.5. The number of carbonyl (C=O) groups excluding carboxylic acids is 2. The summed E-state index contributed by atoms with van der Waals surface area (Å²) in [4.78, 5) is 35.1. The van der Waals surface area contributed by atoms with Gasteiger partial charge in [-0.2, -0.15) is 0 Å². The molecule has 4 rings (SSSR count). The number of hydrogen-bond acceptors (Lipinski definition) is 4. The number of H-pyrrole nitrogens is 1. The highest BCUT2D eigenvalue weighted by Crippen LogP contribution is 2.21. The minimum Gasteiger partial charge on any atom is -0.493 e. The van der Waals surface area contributed by atoms with E-state index >= 15 is 0 Å². The normalized spacial score (nSPS) is 16.8. The lowest BCUT2D eigenvalue weighted by Gasteiger charge is -2.32. The van der Waals surface area contributed by atoms with Gasteiger partial charge in [-0.15, -0.1) is 0 Å². The van der Waals surface area contributed by atoms with Crippen LogP contribution in [0.5, 0.6) is 5.75 Å². The molecule has 2 unspecified atom stereocenters. The first-order chi connectivity index (χ1) is 16.1. The number of carbonyl (C=O) groups is 2. The van der Waals surface area contributed by atoms with Gasteiger partial charge < -0.3 is 19.9 Å². The van der Waals surface area contributed by atoms with Crippen LogP contribution in [0.3, 0.4) is 0 Å². The quantitative estimate of drug-likeness (QED) is 0.548. The molecule has 2 heterocycles. The fraction of sp³-hybridized carbons (Fsp3) is 0.346. The van der Waals surface area contributed by atoms with E-state index in [0.717, 1.165) is 29.8 Å². The van der Waals surface area contributed by atoms with Gasteiger partial charge in [-0.3, -0.25) is 9.59 Å². The number of aromatic nitrogens is 2. The molecule has 2 amide bonds. The number of rotatable bonds is 8. The van der Waals surface area contributed by atoms with Gasteiger partial charge >= 0.3 is 0 Å². The first-order valence-corrected chi connectivity index (χ1v) is 11.5. The van der Waals surface area contributed by atoms with Crippen LogP contribution in [0, 0.1) is 5.92 Å². The molecule has 2 atom stereocenters. The standard InChI is InChI=1S/C26H30N4O3/c1-19(25-27-17-23(29-25)20-9-4-2-5-10-20)28-26(32)21-11-8-15-30(18-21)24(31)14-16-33-22-12-6-3-7-13-22/h2-7,9-10,12-13,17,19,21H,8,11,14-16,18H2,1H3,(H,27,29)(H,28,32). The summed E-state index contributed by atoms with van der Waals surface area (Å²) in [6.45, 7) is 3.37. The Bertz CT molecular complexity index is 1050. The van der Waals surface area contributed by atoms with E-state index in [-0.39, 0.29) is 23.8 Å². The molecule has 2 N–H and O–H groups in total. The van der Waals surface area contributed by atoms with E-state index in [4.69, 9.17) is 4.74 Å². The zero-order valence-corrected chi connectivity index (χ0v) is 18.9. The highest BCUT2D eigenvalue weighted by Gasteiger charge is 2.29. The first kappa shape index (κ1) is 22.6. The number of ether oxygens (including phenoxy) is 1. The zero-order chi connectivity index (χ0) is 23.0. The van der Waals surface area contributed by atoms with Crippen LogP contribution in [0.25, 0.3) is 11.3 Å². The molecule has 0 bridgehead atoms. The average molecular weight is 447 g/mol. The molecule has 3 aromatic rings. The van der Waals surface area contributed by atoms with Crippen LogP contribution in [0.1, 0.15) is 38.1 Å². The second-order valence-corrected chi connectivity index (χ2v) is 8.37. The van der Waals surface area contributed by atoms with Gasteiger partial charge in [0.25, 0.3) is 0 Å². The van der Waals surface area contributed by atoms with Gasteiger partial charge in [-0.25, -0.2) is 4.98 Å². The second kappa shape index (κ2) is 10.8. The minimum absolute atomic E-state index is 0.0232. The fourth-order valence-electron chi connectivity index (χ4n) is 4.07. The fourth-order valence-corrected chi connectivity index (χ4v) is 4.07. The van der Waals surface area contributed by atoms with E-state index in [0.29, 0.717) is 31.9 Å². The van der Waals surface area contributed by atoms with E-state index in [1.165, 1.54) is 0 Å². The van der Waals surface area contributed by atoms with Gasteiger partial charge in [0.1, 0.15) is 11.6 Å². The molecule has 1 saturated heterocycles. The van der Waals surface area contributed by atoms with Crippen molar-refractivity contribution in [1.82, 2.24) is 20.2 Å². The summed E-state index contributed by atoms with van der Waals surface area (Å²) in [7, 11) is 0. The predicted octanol–water partition coefficient (Wildman–Crippen LogP) is 3.96. The number of aromatic amines is 1. The van der Waals surface area contributed by atoms with E-state index in [1.54, 1.807) is 11.1 Å². The molecule has 2 aromatic carbocycles. The Morgan fingerprint density at radius 1 is 1.15 bits per heavy atom. The van der Waals surface area contributed by atoms with Crippen molar-refractivity contribution in [3.8, 4) is 17.0 Å². The molecule has 7 heteroatoms. The predicted molar refractivity (Wildman–Crippen MR) is 126 cm³/mol. The van der Waals surface area contributed by atoms with Crippen LogP contribution in [0.15, 0.2) is 66.9 Å². The van der Waals surface area contributed by atoms with Crippen LogP contribution in [-0.4, -0.2) is 46.4 Å². The van der Waals surface area contributed by atoms with Gasteiger partial charge in [-0.05, 0) is 37.5 Å². The Morgan fingerprint density at radius 3 is 2.64 bits per heavy atom. The van der Waals surface area contributed by atoms with E-state index < -0.39 is 0 Å². The Balaban J connectivity index is 1.26. The number of imidazole rings is 1. The smallest absolute Gasteiger partial charge is 0.226 e. The van der Waals surface area contributed by atoms with Crippen LogP contribution >= 0.6 is 0 Å². The van der Waals surface area contributed by atoms with Gasteiger partial charge in [0.2, 0.25) is 11.8 Å². The number of para-hydroxylation sites is 1. The van der Waals surface area contributed by atoms with Crippen molar-refractivity contribution in [2.75, 3.05) is 19.7 Å². The molecular formula is C26H30N4O3. The molecular weight excluding hydrogens is 416 g/mol. The lowest BCUT2D eigenvalue weighted by molar-refractivity contribution is -0.136. The number of piperidine rings is 1. The Labute approximate surface area is 194 Å². The summed E-state index contributed by atoms with van der Waals surface area (Å²) < 4.78 is 5.64. The number of nitrogens with zero attached hydrogens (tertiary/aromatic N) is 2. The van der Waals surface area contributed by atoms with Crippen molar-refractivity contribution < 1.29 is 14.3 Å². The molecule has 0 spiro atoms. The summed E-state index contributed by atoms with van der Waals surface area (Å²) in [5.41, 5.74) is 1.96. The van der Waals surface area contributed by atoms with Crippen molar-refractivity contribution in [2.24, 2.45) is 5.92 Å². The molecule has 7 nitrogen and oxygen atoms in total. The van der Waals surface area contributed by atoms with Gasteiger partial charge in [0, 0.05) is 13.1 Å². The lowest BCUT2D eigenvalue weighted by Crippen LogP contribution is -2.46.